The largest absolute Gasteiger partial charge is 0.374 e. The number of hydrogen-bond donors (Lipinski definition) is 1. The Hall–Kier alpha value is -0.450. The SMILES string of the molecule is CN(CC1(C)CCCO1)S(=O)(=O)C1=CCC(Cl)(S(N)(=O)=O)C=C1. The molecule has 0 radical (unpaired) electrons. The first-order valence-corrected chi connectivity index (χ1v) is 10.5. The standard InChI is InChI=1S/C13H21ClN2O5S2/c1-12(6-3-9-21-12)10-16(2)22(17,18)11-4-7-13(14,8-5-11)23(15,19)20/h4-5,7H,3,6,8-10H2,1-2H3,(H2,15,19,20). The van der Waals surface area contributed by atoms with Crippen molar-refractivity contribution in [1.82, 2.24) is 4.31 Å². The van der Waals surface area contributed by atoms with E-state index in [0.717, 1.165) is 18.9 Å². The number of ether oxygens (including phenoxy) is 1. The third-order valence-electron chi connectivity index (χ3n) is 4.12. The lowest BCUT2D eigenvalue weighted by Crippen LogP contribution is -2.42. The molecule has 0 saturated carbocycles. The van der Waals surface area contributed by atoms with Crippen molar-refractivity contribution in [3.05, 3.63) is 23.1 Å². The van der Waals surface area contributed by atoms with Crippen molar-refractivity contribution >= 4 is 31.6 Å². The number of nitrogens with zero attached hydrogens (tertiary/aromatic N) is 1. The zero-order valence-corrected chi connectivity index (χ0v) is 15.4. The normalized spacial score (nSPS) is 32.3. The summed E-state index contributed by atoms with van der Waals surface area (Å²) in [6.45, 7) is 2.72. The van der Waals surface area contributed by atoms with E-state index in [0.29, 0.717) is 6.61 Å². The van der Waals surface area contributed by atoms with Crippen LogP contribution in [0.3, 0.4) is 0 Å². The van der Waals surface area contributed by atoms with Crippen molar-refractivity contribution in [1.29, 1.82) is 0 Å². The van der Waals surface area contributed by atoms with E-state index in [1.54, 1.807) is 0 Å². The van der Waals surface area contributed by atoms with Gasteiger partial charge in [0.1, 0.15) is 0 Å². The second kappa shape index (κ2) is 6.12. The molecular formula is C13H21ClN2O5S2. The minimum absolute atomic E-state index is 0.00141. The molecule has 0 bridgehead atoms. The average molecular weight is 385 g/mol. The lowest BCUT2D eigenvalue weighted by molar-refractivity contribution is 0.00979. The van der Waals surface area contributed by atoms with Gasteiger partial charge in [0.2, 0.25) is 20.0 Å². The van der Waals surface area contributed by atoms with E-state index >= 15 is 0 Å². The van der Waals surface area contributed by atoms with Crippen LogP contribution in [0.15, 0.2) is 23.1 Å². The first-order valence-electron chi connectivity index (χ1n) is 7.11. The van der Waals surface area contributed by atoms with Gasteiger partial charge in [0.25, 0.3) is 0 Å². The molecule has 0 spiro atoms. The Bertz CT molecular complexity index is 738. The molecule has 0 aromatic heterocycles. The van der Waals surface area contributed by atoms with E-state index in [9.17, 15) is 16.8 Å². The van der Waals surface area contributed by atoms with E-state index in [1.165, 1.54) is 23.5 Å². The van der Waals surface area contributed by atoms with Crippen LogP contribution >= 0.6 is 11.6 Å². The van der Waals surface area contributed by atoms with Crippen LogP contribution in [-0.2, 0) is 24.8 Å². The van der Waals surface area contributed by atoms with Gasteiger partial charge >= 0.3 is 0 Å². The fourth-order valence-electron chi connectivity index (χ4n) is 2.68. The molecule has 0 aromatic carbocycles. The molecule has 2 atom stereocenters. The predicted octanol–water partition coefficient (Wildman–Crippen LogP) is 0.885. The van der Waals surface area contributed by atoms with Gasteiger partial charge in [0.15, 0.2) is 4.21 Å². The maximum atomic E-state index is 12.6. The molecular weight excluding hydrogens is 364 g/mol. The van der Waals surface area contributed by atoms with Crippen LogP contribution in [0, 0.1) is 0 Å². The molecule has 2 rings (SSSR count). The van der Waals surface area contributed by atoms with Gasteiger partial charge in [-0.25, -0.2) is 22.0 Å². The predicted molar refractivity (Wildman–Crippen MR) is 88.7 cm³/mol. The monoisotopic (exact) mass is 384 g/mol. The van der Waals surface area contributed by atoms with E-state index < -0.39 is 29.9 Å². The first kappa shape index (κ1) is 18.9. The Kier molecular flexibility index (Phi) is 5.03. The summed E-state index contributed by atoms with van der Waals surface area (Å²) < 4.78 is 53.2. The average Bonchev–Trinajstić information content (AvgIpc) is 2.84. The summed E-state index contributed by atoms with van der Waals surface area (Å²) in [7, 11) is -6.32. The highest BCUT2D eigenvalue weighted by atomic mass is 35.5. The smallest absolute Gasteiger partial charge is 0.242 e. The van der Waals surface area contributed by atoms with Gasteiger partial charge in [-0.1, -0.05) is 17.7 Å². The third-order valence-corrected chi connectivity index (χ3v) is 8.14. The van der Waals surface area contributed by atoms with Crippen molar-refractivity contribution < 1.29 is 21.6 Å². The van der Waals surface area contributed by atoms with Crippen LogP contribution in [0.2, 0.25) is 0 Å². The zero-order chi connectivity index (χ0) is 17.5. The van der Waals surface area contributed by atoms with Gasteiger partial charge in [-0.3, -0.25) is 0 Å². The molecule has 2 aliphatic rings. The molecule has 23 heavy (non-hydrogen) atoms. The van der Waals surface area contributed by atoms with Crippen molar-refractivity contribution in [3.63, 3.8) is 0 Å². The van der Waals surface area contributed by atoms with Crippen molar-refractivity contribution in [3.8, 4) is 0 Å². The van der Waals surface area contributed by atoms with Gasteiger partial charge in [-0.15, -0.1) is 0 Å². The molecule has 0 aromatic rings. The van der Waals surface area contributed by atoms with E-state index in [2.05, 4.69) is 0 Å². The highest BCUT2D eigenvalue weighted by Crippen LogP contribution is 2.34. The van der Waals surface area contributed by atoms with Crippen LogP contribution in [0.4, 0.5) is 0 Å². The molecule has 1 aliphatic heterocycles. The van der Waals surface area contributed by atoms with E-state index in [-0.39, 0.29) is 17.9 Å². The lowest BCUT2D eigenvalue weighted by atomic mass is 10.0. The topological polar surface area (TPSA) is 107 Å². The number of hydrogen-bond acceptors (Lipinski definition) is 5. The van der Waals surface area contributed by atoms with Crippen molar-refractivity contribution in [2.75, 3.05) is 20.2 Å². The van der Waals surface area contributed by atoms with Crippen LogP contribution in [0.5, 0.6) is 0 Å². The number of primary sulfonamides is 1. The summed E-state index contributed by atoms with van der Waals surface area (Å²) in [5.74, 6) is 0. The Morgan fingerprint density at radius 3 is 2.48 bits per heavy atom. The summed E-state index contributed by atoms with van der Waals surface area (Å²) in [6.07, 6.45) is 5.05. The fraction of sp³-hybridized carbons (Fsp3) is 0.692. The second-order valence-electron chi connectivity index (χ2n) is 6.14. The molecule has 7 nitrogen and oxygen atoms in total. The Morgan fingerprint density at radius 1 is 1.39 bits per heavy atom. The Labute approximate surface area is 142 Å². The quantitative estimate of drug-likeness (QED) is 0.708. The number of nitrogens with two attached hydrogens (primary N) is 1. The van der Waals surface area contributed by atoms with Crippen molar-refractivity contribution in [2.24, 2.45) is 5.14 Å². The first-order chi connectivity index (χ1) is 10.4. The Morgan fingerprint density at radius 2 is 2.04 bits per heavy atom. The van der Waals surface area contributed by atoms with E-state index in [4.69, 9.17) is 21.5 Å². The fourth-order valence-corrected chi connectivity index (χ4v) is 4.73. The van der Waals surface area contributed by atoms with Crippen LogP contribution in [0.25, 0.3) is 0 Å². The molecule has 1 saturated heterocycles. The summed E-state index contributed by atoms with van der Waals surface area (Å²) in [6, 6.07) is 0. The summed E-state index contributed by atoms with van der Waals surface area (Å²) in [5, 5.41) is 5.07. The van der Waals surface area contributed by atoms with Crippen molar-refractivity contribution in [2.45, 2.75) is 36.0 Å². The van der Waals surface area contributed by atoms with Gasteiger partial charge in [0, 0.05) is 26.6 Å². The number of allylic oxidation sites excluding steroid dienone is 2. The van der Waals surface area contributed by atoms with Crippen LogP contribution in [-0.4, -0.2) is 51.1 Å². The minimum atomic E-state index is -4.04. The van der Waals surface area contributed by atoms with Crippen LogP contribution < -0.4 is 5.14 Å². The minimum Gasteiger partial charge on any atom is -0.374 e. The summed E-state index contributed by atoms with van der Waals surface area (Å²) in [5.41, 5.74) is -0.502. The third kappa shape index (κ3) is 3.80. The van der Waals surface area contributed by atoms with Gasteiger partial charge in [-0.2, -0.15) is 4.31 Å². The molecule has 0 amide bonds. The Balaban J connectivity index is 2.17. The zero-order valence-electron chi connectivity index (χ0n) is 13.0. The van der Waals surface area contributed by atoms with Gasteiger partial charge in [-0.05, 0) is 31.9 Å². The van der Waals surface area contributed by atoms with Gasteiger partial charge < -0.3 is 4.74 Å². The number of sulfonamides is 2. The highest BCUT2D eigenvalue weighted by Gasteiger charge is 2.40. The molecule has 10 heteroatoms. The molecule has 2 N–H and O–H groups in total. The second-order valence-corrected chi connectivity index (χ2v) is 10.9. The summed E-state index contributed by atoms with van der Waals surface area (Å²) in [4.78, 5) is 0.00141. The number of halogens is 1. The maximum absolute atomic E-state index is 12.6. The molecule has 2 unspecified atom stereocenters. The molecule has 1 heterocycles. The highest BCUT2D eigenvalue weighted by molar-refractivity contribution is 7.93. The molecule has 1 fully saturated rings. The van der Waals surface area contributed by atoms with Gasteiger partial charge in [0.05, 0.1) is 10.5 Å². The molecule has 1 aliphatic carbocycles. The number of likely N-dealkylation sites (N-methyl/N-ethyl adjacent to an activating group) is 1. The van der Waals surface area contributed by atoms with E-state index in [1.807, 2.05) is 6.92 Å². The molecule has 132 valence electrons. The summed E-state index contributed by atoms with van der Waals surface area (Å²) >= 11 is 5.93. The number of alkyl halides is 1. The maximum Gasteiger partial charge on any atom is 0.242 e. The lowest BCUT2D eigenvalue weighted by Gasteiger charge is -2.30. The van der Waals surface area contributed by atoms with Crippen LogP contribution in [0.1, 0.15) is 26.2 Å². The number of rotatable bonds is 5.